The first-order valence-electron chi connectivity index (χ1n) is 10.3. The molecule has 2 atom stereocenters. The number of likely N-dealkylation sites (N-methyl/N-ethyl adjacent to an activating group) is 1. The van der Waals surface area contributed by atoms with E-state index >= 15 is 0 Å². The molecule has 0 aliphatic carbocycles. The molecule has 1 aliphatic heterocycles. The lowest BCUT2D eigenvalue weighted by molar-refractivity contribution is -0.130. The molecule has 5 rings (SSSR count). The first-order valence-corrected chi connectivity index (χ1v) is 11.2. The second-order valence-corrected chi connectivity index (χ2v) is 9.21. The van der Waals surface area contributed by atoms with Crippen LogP contribution in [0, 0.1) is 11.3 Å². The van der Waals surface area contributed by atoms with Gasteiger partial charge in [-0.1, -0.05) is 23.4 Å². The number of rotatable bonds is 3. The molecule has 0 spiro atoms. The van der Waals surface area contributed by atoms with Crippen molar-refractivity contribution in [3.05, 3.63) is 69.9 Å². The Labute approximate surface area is 194 Å². The molecule has 4 aromatic rings. The zero-order valence-corrected chi connectivity index (χ0v) is 19.2. The average Bonchev–Trinajstić information content (AvgIpc) is 3.46. The Bertz CT molecular complexity index is 1480. The maximum atomic E-state index is 13.5. The maximum Gasteiger partial charge on any atom is 0.239 e. The van der Waals surface area contributed by atoms with Crippen LogP contribution in [0.2, 0.25) is 0 Å². The standard InChI is InChI=1S/C24H21N7OS/c1-24(20-11-17(13-33-20)15-6-4-5-14(9-15)12-25)21(22(32)30(2)23(26)27-24)16-7-8-18-19(10-16)31(3)29-28-18/h4-11,13,21H,1-3H3,(H2,26,27)/t21-,24-/m1/s1. The van der Waals surface area contributed by atoms with Gasteiger partial charge in [0.05, 0.1) is 23.1 Å². The second kappa shape index (κ2) is 7.53. The van der Waals surface area contributed by atoms with Gasteiger partial charge in [-0.15, -0.1) is 16.4 Å². The summed E-state index contributed by atoms with van der Waals surface area (Å²) in [7, 11) is 3.47. The molecule has 0 unspecified atom stereocenters. The zero-order chi connectivity index (χ0) is 23.3. The normalized spacial score (nSPS) is 20.7. The third kappa shape index (κ3) is 3.27. The molecule has 0 fully saturated rings. The number of thiophene rings is 1. The van der Waals surface area contributed by atoms with E-state index < -0.39 is 11.5 Å². The summed E-state index contributed by atoms with van der Waals surface area (Å²) < 4.78 is 1.69. The molecular weight excluding hydrogens is 434 g/mol. The molecule has 0 saturated carbocycles. The van der Waals surface area contributed by atoms with Crippen molar-refractivity contribution in [1.29, 1.82) is 5.26 Å². The van der Waals surface area contributed by atoms with Crippen molar-refractivity contribution in [2.24, 2.45) is 17.8 Å². The van der Waals surface area contributed by atoms with Gasteiger partial charge in [0, 0.05) is 19.0 Å². The number of fused-ring (bicyclic) bond motifs is 1. The predicted octanol–water partition coefficient (Wildman–Crippen LogP) is 3.35. The Morgan fingerprint density at radius 1 is 1.15 bits per heavy atom. The molecule has 2 aromatic carbocycles. The summed E-state index contributed by atoms with van der Waals surface area (Å²) in [5, 5.41) is 19.5. The van der Waals surface area contributed by atoms with E-state index in [1.54, 1.807) is 17.8 Å². The Balaban J connectivity index is 1.65. The van der Waals surface area contributed by atoms with Crippen LogP contribution in [0.1, 0.15) is 28.8 Å². The molecule has 8 nitrogen and oxygen atoms in total. The third-order valence-corrected chi connectivity index (χ3v) is 7.38. The SMILES string of the molecule is CN1C(=O)[C@@H](c2ccc3nnn(C)c3c2)[C@@](C)(c2cc(-c3cccc(C#N)c3)cs2)N=C1N. The van der Waals surface area contributed by atoms with Crippen molar-refractivity contribution < 1.29 is 4.79 Å². The molecule has 164 valence electrons. The summed E-state index contributed by atoms with van der Waals surface area (Å²) in [6.07, 6.45) is 0. The van der Waals surface area contributed by atoms with Crippen molar-refractivity contribution in [2.75, 3.05) is 7.05 Å². The largest absolute Gasteiger partial charge is 0.369 e. The highest BCUT2D eigenvalue weighted by atomic mass is 32.1. The number of nitrogens with two attached hydrogens (primary N) is 1. The topological polar surface area (TPSA) is 113 Å². The van der Waals surface area contributed by atoms with Crippen LogP contribution in [0.5, 0.6) is 0 Å². The van der Waals surface area contributed by atoms with Crippen LogP contribution in [0.4, 0.5) is 0 Å². The Morgan fingerprint density at radius 2 is 1.97 bits per heavy atom. The first-order chi connectivity index (χ1) is 15.8. The molecule has 2 aromatic heterocycles. The van der Waals surface area contributed by atoms with Crippen molar-refractivity contribution in [2.45, 2.75) is 18.4 Å². The fourth-order valence-electron chi connectivity index (χ4n) is 4.34. The van der Waals surface area contributed by atoms with E-state index in [1.165, 1.54) is 16.2 Å². The number of nitrogens with zero attached hydrogens (tertiary/aromatic N) is 6. The van der Waals surface area contributed by atoms with E-state index in [0.29, 0.717) is 5.56 Å². The van der Waals surface area contributed by atoms with Crippen molar-refractivity contribution in [1.82, 2.24) is 19.9 Å². The quantitative estimate of drug-likeness (QED) is 0.509. The zero-order valence-electron chi connectivity index (χ0n) is 18.4. The van der Waals surface area contributed by atoms with Gasteiger partial charge in [-0.2, -0.15) is 5.26 Å². The van der Waals surface area contributed by atoms with Gasteiger partial charge in [-0.25, -0.2) is 9.67 Å². The van der Waals surface area contributed by atoms with Crippen LogP contribution in [0.25, 0.3) is 22.2 Å². The minimum absolute atomic E-state index is 0.124. The lowest BCUT2D eigenvalue weighted by atomic mass is 9.77. The van der Waals surface area contributed by atoms with Gasteiger partial charge in [0.1, 0.15) is 11.1 Å². The molecule has 1 aliphatic rings. The van der Waals surface area contributed by atoms with Gasteiger partial charge in [0.25, 0.3) is 0 Å². The monoisotopic (exact) mass is 455 g/mol. The van der Waals surface area contributed by atoms with Gasteiger partial charge in [0.15, 0.2) is 5.96 Å². The Morgan fingerprint density at radius 3 is 2.76 bits per heavy atom. The second-order valence-electron chi connectivity index (χ2n) is 8.30. The van der Waals surface area contributed by atoms with E-state index in [9.17, 15) is 10.1 Å². The molecular formula is C24H21N7OS. The number of aryl methyl sites for hydroxylation is 1. The number of aromatic nitrogens is 3. The van der Waals surface area contributed by atoms with Crippen LogP contribution < -0.4 is 5.73 Å². The molecule has 2 N–H and O–H groups in total. The predicted molar refractivity (Wildman–Crippen MR) is 127 cm³/mol. The third-order valence-electron chi connectivity index (χ3n) is 6.22. The Hall–Kier alpha value is -4.03. The first kappa shape index (κ1) is 20.8. The number of guanidine groups is 1. The van der Waals surface area contributed by atoms with Gasteiger partial charge in [-0.05, 0) is 59.3 Å². The lowest BCUT2D eigenvalue weighted by Gasteiger charge is -2.40. The average molecular weight is 456 g/mol. The minimum Gasteiger partial charge on any atom is -0.369 e. The fraction of sp³-hybridized carbons (Fsp3) is 0.208. The van der Waals surface area contributed by atoms with Crippen molar-refractivity contribution in [3.63, 3.8) is 0 Å². The highest BCUT2D eigenvalue weighted by Gasteiger charge is 2.48. The molecule has 9 heteroatoms. The maximum absolute atomic E-state index is 13.5. The van der Waals surface area contributed by atoms with E-state index in [4.69, 9.17) is 10.7 Å². The molecule has 0 radical (unpaired) electrons. The number of carbonyl (C=O) groups is 1. The number of aliphatic imine (C=N–C) groups is 1. The van der Waals surface area contributed by atoms with Gasteiger partial charge >= 0.3 is 0 Å². The number of benzene rings is 2. The summed E-state index contributed by atoms with van der Waals surface area (Å²) in [5.41, 5.74) is 10.2. The number of hydrogen-bond donors (Lipinski definition) is 1. The van der Waals surface area contributed by atoms with Crippen LogP contribution in [-0.4, -0.2) is 38.8 Å². The smallest absolute Gasteiger partial charge is 0.239 e. The van der Waals surface area contributed by atoms with Crippen molar-refractivity contribution >= 4 is 34.2 Å². The van der Waals surface area contributed by atoms with E-state index in [1.807, 2.05) is 61.8 Å². The summed E-state index contributed by atoms with van der Waals surface area (Å²) in [6.45, 7) is 1.95. The lowest BCUT2D eigenvalue weighted by Crippen LogP contribution is -2.52. The molecule has 0 saturated heterocycles. The summed E-state index contributed by atoms with van der Waals surface area (Å²) in [6, 6.07) is 17.4. The van der Waals surface area contributed by atoms with E-state index in [0.717, 1.165) is 32.6 Å². The number of amides is 1. The van der Waals surface area contributed by atoms with Gasteiger partial charge in [-0.3, -0.25) is 9.69 Å². The summed E-state index contributed by atoms with van der Waals surface area (Å²) >= 11 is 1.53. The van der Waals surface area contributed by atoms with Crippen LogP contribution in [-0.2, 0) is 17.4 Å². The van der Waals surface area contributed by atoms with E-state index in [-0.39, 0.29) is 11.9 Å². The molecule has 33 heavy (non-hydrogen) atoms. The Kier molecular flexibility index (Phi) is 4.76. The van der Waals surface area contributed by atoms with Crippen molar-refractivity contribution in [3.8, 4) is 17.2 Å². The highest BCUT2D eigenvalue weighted by Crippen LogP contribution is 2.47. The van der Waals surface area contributed by atoms with Gasteiger partial charge in [0.2, 0.25) is 5.91 Å². The molecule has 0 bridgehead atoms. The van der Waals surface area contributed by atoms with Crippen LogP contribution >= 0.6 is 11.3 Å². The fourth-order valence-corrected chi connectivity index (χ4v) is 5.39. The molecule has 3 heterocycles. The number of hydrogen-bond acceptors (Lipinski definition) is 7. The number of nitriles is 1. The van der Waals surface area contributed by atoms with Crippen LogP contribution in [0.3, 0.4) is 0 Å². The molecule has 1 amide bonds. The van der Waals surface area contributed by atoms with Gasteiger partial charge < -0.3 is 5.73 Å². The highest BCUT2D eigenvalue weighted by molar-refractivity contribution is 7.10. The minimum atomic E-state index is -0.900. The summed E-state index contributed by atoms with van der Waals surface area (Å²) in [4.78, 5) is 20.7. The number of carbonyl (C=O) groups excluding carboxylic acids is 1. The summed E-state index contributed by atoms with van der Waals surface area (Å²) in [5.74, 6) is -0.518. The van der Waals surface area contributed by atoms with E-state index in [2.05, 4.69) is 16.4 Å². The van der Waals surface area contributed by atoms with Crippen LogP contribution in [0.15, 0.2) is 58.9 Å².